The molecule has 5 nitrogen and oxygen atoms in total. The SMILES string of the molecule is Cc1cc(=O)n(CCNC(=O)C2CC2)cn1. The van der Waals surface area contributed by atoms with Crippen molar-refractivity contribution in [2.75, 3.05) is 6.54 Å². The number of nitrogens with zero attached hydrogens (tertiary/aromatic N) is 2. The Kier molecular flexibility index (Phi) is 3.03. The van der Waals surface area contributed by atoms with Gasteiger partial charge in [-0.05, 0) is 19.8 Å². The molecule has 0 spiro atoms. The van der Waals surface area contributed by atoms with Crippen LogP contribution in [0.25, 0.3) is 0 Å². The van der Waals surface area contributed by atoms with Crippen LogP contribution < -0.4 is 10.9 Å². The fraction of sp³-hybridized carbons (Fsp3) is 0.545. The Labute approximate surface area is 93.5 Å². The van der Waals surface area contributed by atoms with Crippen LogP contribution in [0.4, 0.5) is 0 Å². The minimum Gasteiger partial charge on any atom is -0.354 e. The molecule has 86 valence electrons. The molecule has 1 heterocycles. The lowest BCUT2D eigenvalue weighted by atomic mass is 10.4. The van der Waals surface area contributed by atoms with Gasteiger partial charge in [0.2, 0.25) is 5.91 Å². The minimum absolute atomic E-state index is 0.0758. The zero-order valence-electron chi connectivity index (χ0n) is 9.27. The molecule has 5 heteroatoms. The molecule has 16 heavy (non-hydrogen) atoms. The fourth-order valence-corrected chi connectivity index (χ4v) is 1.47. The Morgan fingerprint density at radius 3 is 3.00 bits per heavy atom. The van der Waals surface area contributed by atoms with Crippen LogP contribution in [-0.2, 0) is 11.3 Å². The Bertz CT molecular complexity index is 449. The fourth-order valence-electron chi connectivity index (χ4n) is 1.47. The van der Waals surface area contributed by atoms with Gasteiger partial charge in [0, 0.05) is 30.8 Å². The number of aryl methyl sites for hydroxylation is 1. The van der Waals surface area contributed by atoms with Crippen LogP contribution in [0.1, 0.15) is 18.5 Å². The van der Waals surface area contributed by atoms with Gasteiger partial charge in [0.15, 0.2) is 0 Å². The zero-order chi connectivity index (χ0) is 11.5. The molecule has 1 aliphatic carbocycles. The van der Waals surface area contributed by atoms with E-state index in [1.165, 1.54) is 17.0 Å². The number of carbonyl (C=O) groups excluding carboxylic acids is 1. The first-order chi connectivity index (χ1) is 7.66. The second-order valence-corrected chi connectivity index (χ2v) is 4.13. The van der Waals surface area contributed by atoms with E-state index in [9.17, 15) is 9.59 Å². The first-order valence-corrected chi connectivity index (χ1v) is 5.47. The molecule has 1 aliphatic rings. The van der Waals surface area contributed by atoms with Gasteiger partial charge in [-0.25, -0.2) is 4.98 Å². The number of nitrogens with one attached hydrogen (secondary N) is 1. The van der Waals surface area contributed by atoms with Crippen molar-refractivity contribution in [1.29, 1.82) is 0 Å². The van der Waals surface area contributed by atoms with E-state index >= 15 is 0 Å². The summed E-state index contributed by atoms with van der Waals surface area (Å²) in [6, 6.07) is 1.49. The van der Waals surface area contributed by atoms with Crippen LogP contribution in [0.2, 0.25) is 0 Å². The maximum absolute atomic E-state index is 11.5. The smallest absolute Gasteiger partial charge is 0.253 e. The second kappa shape index (κ2) is 4.47. The van der Waals surface area contributed by atoms with Crippen molar-refractivity contribution in [3.8, 4) is 0 Å². The molecular formula is C11H15N3O2. The van der Waals surface area contributed by atoms with E-state index < -0.39 is 0 Å². The van der Waals surface area contributed by atoms with Gasteiger partial charge in [0.1, 0.15) is 0 Å². The Morgan fingerprint density at radius 1 is 1.62 bits per heavy atom. The van der Waals surface area contributed by atoms with Crippen molar-refractivity contribution in [3.05, 3.63) is 28.4 Å². The van der Waals surface area contributed by atoms with E-state index in [4.69, 9.17) is 0 Å². The van der Waals surface area contributed by atoms with E-state index in [1.807, 2.05) is 0 Å². The predicted octanol–water partition coefficient (Wildman–Crippen LogP) is 0.0779. The quantitative estimate of drug-likeness (QED) is 0.783. The molecule has 1 fully saturated rings. The molecule has 0 saturated heterocycles. The van der Waals surface area contributed by atoms with Gasteiger partial charge in [-0.1, -0.05) is 0 Å². The van der Waals surface area contributed by atoms with Crippen LogP contribution >= 0.6 is 0 Å². The topological polar surface area (TPSA) is 64.0 Å². The first kappa shape index (κ1) is 10.9. The third kappa shape index (κ3) is 2.68. The summed E-state index contributed by atoms with van der Waals surface area (Å²) in [7, 11) is 0. The van der Waals surface area contributed by atoms with Crippen LogP contribution in [0.5, 0.6) is 0 Å². The summed E-state index contributed by atoms with van der Waals surface area (Å²) >= 11 is 0. The van der Waals surface area contributed by atoms with Crippen LogP contribution in [0, 0.1) is 12.8 Å². The highest BCUT2D eigenvalue weighted by Gasteiger charge is 2.28. The molecule has 0 radical (unpaired) electrons. The van der Waals surface area contributed by atoms with E-state index in [0.29, 0.717) is 18.8 Å². The van der Waals surface area contributed by atoms with Crippen molar-refractivity contribution < 1.29 is 4.79 Å². The molecule has 0 bridgehead atoms. The van der Waals surface area contributed by atoms with Gasteiger partial charge in [-0.2, -0.15) is 0 Å². The normalized spacial score (nSPS) is 14.8. The molecule has 0 aromatic carbocycles. The highest BCUT2D eigenvalue weighted by Crippen LogP contribution is 2.28. The molecule has 1 amide bonds. The van der Waals surface area contributed by atoms with Crippen molar-refractivity contribution >= 4 is 5.91 Å². The van der Waals surface area contributed by atoms with Crippen molar-refractivity contribution in [2.24, 2.45) is 5.92 Å². The summed E-state index contributed by atoms with van der Waals surface area (Å²) in [4.78, 5) is 26.8. The van der Waals surface area contributed by atoms with Gasteiger partial charge in [-0.15, -0.1) is 0 Å². The lowest BCUT2D eigenvalue weighted by Gasteiger charge is -2.06. The number of amides is 1. The summed E-state index contributed by atoms with van der Waals surface area (Å²) in [5.41, 5.74) is 0.636. The second-order valence-electron chi connectivity index (χ2n) is 4.13. The Morgan fingerprint density at radius 2 is 2.38 bits per heavy atom. The van der Waals surface area contributed by atoms with Crippen molar-refractivity contribution in [2.45, 2.75) is 26.3 Å². The predicted molar refractivity (Wildman–Crippen MR) is 59.0 cm³/mol. The lowest BCUT2D eigenvalue weighted by Crippen LogP contribution is -2.31. The molecular weight excluding hydrogens is 206 g/mol. The standard InChI is InChI=1S/C11H15N3O2/c1-8-6-10(15)14(7-13-8)5-4-12-11(16)9-2-3-9/h6-7,9H,2-5H2,1H3,(H,12,16). The summed E-state index contributed by atoms with van der Waals surface area (Å²) < 4.78 is 1.50. The molecule has 1 aromatic rings. The van der Waals surface area contributed by atoms with Gasteiger partial charge in [0.05, 0.1) is 6.33 Å². The maximum Gasteiger partial charge on any atom is 0.253 e. The number of hydrogen-bond donors (Lipinski definition) is 1. The molecule has 0 atom stereocenters. The van der Waals surface area contributed by atoms with Gasteiger partial charge >= 0.3 is 0 Å². The largest absolute Gasteiger partial charge is 0.354 e. The monoisotopic (exact) mass is 221 g/mol. The summed E-state index contributed by atoms with van der Waals surface area (Å²) in [5.74, 6) is 0.320. The number of aromatic nitrogens is 2. The van der Waals surface area contributed by atoms with Crippen molar-refractivity contribution in [1.82, 2.24) is 14.9 Å². The molecule has 1 N–H and O–H groups in total. The van der Waals surface area contributed by atoms with E-state index in [2.05, 4.69) is 10.3 Å². The Balaban J connectivity index is 1.84. The number of carbonyl (C=O) groups is 1. The third-order valence-electron chi connectivity index (χ3n) is 2.62. The van der Waals surface area contributed by atoms with Crippen LogP contribution in [0.15, 0.2) is 17.2 Å². The molecule has 1 saturated carbocycles. The first-order valence-electron chi connectivity index (χ1n) is 5.47. The summed E-state index contributed by atoms with van der Waals surface area (Å²) in [6.45, 7) is 2.74. The molecule has 2 rings (SSSR count). The van der Waals surface area contributed by atoms with Crippen LogP contribution in [0.3, 0.4) is 0 Å². The maximum atomic E-state index is 11.5. The number of rotatable bonds is 4. The Hall–Kier alpha value is -1.65. The minimum atomic E-state index is -0.0758. The third-order valence-corrected chi connectivity index (χ3v) is 2.62. The molecule has 0 aliphatic heterocycles. The highest BCUT2D eigenvalue weighted by atomic mass is 16.2. The summed E-state index contributed by atoms with van der Waals surface area (Å²) in [6.07, 6.45) is 3.51. The highest BCUT2D eigenvalue weighted by molar-refractivity contribution is 5.80. The zero-order valence-corrected chi connectivity index (χ0v) is 9.27. The average molecular weight is 221 g/mol. The van der Waals surface area contributed by atoms with Gasteiger partial charge < -0.3 is 5.32 Å². The number of hydrogen-bond acceptors (Lipinski definition) is 3. The lowest BCUT2D eigenvalue weighted by molar-refractivity contribution is -0.122. The van der Waals surface area contributed by atoms with E-state index in [-0.39, 0.29) is 17.4 Å². The average Bonchev–Trinajstić information content (AvgIpc) is 3.04. The van der Waals surface area contributed by atoms with Crippen molar-refractivity contribution in [3.63, 3.8) is 0 Å². The van der Waals surface area contributed by atoms with Gasteiger partial charge in [-0.3, -0.25) is 14.2 Å². The molecule has 1 aromatic heterocycles. The van der Waals surface area contributed by atoms with E-state index in [0.717, 1.165) is 12.8 Å². The van der Waals surface area contributed by atoms with Crippen LogP contribution in [-0.4, -0.2) is 22.0 Å². The van der Waals surface area contributed by atoms with E-state index in [1.54, 1.807) is 6.92 Å². The molecule has 0 unspecified atom stereocenters. The summed E-state index contributed by atoms with van der Waals surface area (Å²) in [5, 5.41) is 2.81. The van der Waals surface area contributed by atoms with Gasteiger partial charge in [0.25, 0.3) is 5.56 Å².